The van der Waals surface area contributed by atoms with Gasteiger partial charge in [0.2, 0.25) is 0 Å². The van der Waals surface area contributed by atoms with Crippen LogP contribution in [0.5, 0.6) is 0 Å². The molecule has 0 spiro atoms. The number of nitrogen functional groups attached to an aromatic ring is 1. The molecule has 8 heteroatoms. The molecule has 1 fully saturated rings. The summed E-state index contributed by atoms with van der Waals surface area (Å²) in [5.74, 6) is 0.206. The summed E-state index contributed by atoms with van der Waals surface area (Å²) >= 11 is 1.44. The van der Waals surface area contributed by atoms with Gasteiger partial charge in [0, 0.05) is 37.9 Å². The largest absolute Gasteiger partial charge is 0.375 e. The van der Waals surface area contributed by atoms with E-state index in [0.717, 1.165) is 29.8 Å². The summed E-state index contributed by atoms with van der Waals surface area (Å²) in [6, 6.07) is 5.80. The highest BCUT2D eigenvalue weighted by molar-refractivity contribution is 7.21. The Bertz CT molecular complexity index is 901. The molecule has 0 aromatic carbocycles. The molecular weight excluding hydrogens is 324 g/mol. The first-order valence-electron chi connectivity index (χ1n) is 7.92. The lowest BCUT2D eigenvalue weighted by atomic mass is 9.94. The fourth-order valence-electron chi connectivity index (χ4n) is 3.17. The zero-order valence-corrected chi connectivity index (χ0v) is 14.2. The summed E-state index contributed by atoms with van der Waals surface area (Å²) in [5, 5.41) is 4.75. The fourth-order valence-corrected chi connectivity index (χ4v) is 3.85. The van der Waals surface area contributed by atoms with Gasteiger partial charge in [0.15, 0.2) is 10.8 Å². The lowest BCUT2D eigenvalue weighted by Gasteiger charge is -2.32. The van der Waals surface area contributed by atoms with Gasteiger partial charge in [-0.15, -0.1) is 0 Å². The van der Waals surface area contributed by atoms with Gasteiger partial charge < -0.3 is 10.6 Å². The highest BCUT2D eigenvalue weighted by Gasteiger charge is 2.27. The van der Waals surface area contributed by atoms with Crippen molar-refractivity contribution >= 4 is 32.7 Å². The molecule has 3 aromatic heterocycles. The number of nitrogens with two attached hydrogens (primary N) is 1. The third-order valence-electron chi connectivity index (χ3n) is 4.35. The van der Waals surface area contributed by atoms with Crippen LogP contribution >= 0.6 is 11.3 Å². The monoisotopic (exact) mass is 342 g/mol. The average molecular weight is 342 g/mol. The number of carbonyl (C=O) groups is 1. The number of amides is 1. The molecule has 124 valence electrons. The number of anilines is 1. The van der Waals surface area contributed by atoms with Crippen LogP contribution in [0.2, 0.25) is 0 Å². The first-order chi connectivity index (χ1) is 11.6. The number of piperidine rings is 1. The second-order valence-corrected chi connectivity index (χ2v) is 7.14. The number of nitrogens with zero attached hydrogens (tertiary/aromatic N) is 5. The minimum Gasteiger partial charge on any atom is -0.375 e. The molecule has 0 bridgehead atoms. The van der Waals surface area contributed by atoms with Gasteiger partial charge >= 0.3 is 0 Å². The van der Waals surface area contributed by atoms with E-state index in [4.69, 9.17) is 5.73 Å². The van der Waals surface area contributed by atoms with Crippen LogP contribution in [0.3, 0.4) is 0 Å². The van der Waals surface area contributed by atoms with E-state index in [-0.39, 0.29) is 11.8 Å². The predicted octanol–water partition coefficient (Wildman–Crippen LogP) is 2.03. The van der Waals surface area contributed by atoms with Gasteiger partial charge in [-0.1, -0.05) is 11.3 Å². The molecule has 1 amide bonds. The summed E-state index contributed by atoms with van der Waals surface area (Å²) in [4.78, 5) is 23.4. The fraction of sp³-hybridized carbons (Fsp3) is 0.375. The zero-order chi connectivity index (χ0) is 16.7. The van der Waals surface area contributed by atoms with E-state index >= 15 is 0 Å². The Hall–Kier alpha value is -2.48. The molecule has 4 rings (SSSR count). The van der Waals surface area contributed by atoms with Crippen molar-refractivity contribution in [3.8, 4) is 0 Å². The van der Waals surface area contributed by atoms with Crippen LogP contribution < -0.4 is 5.73 Å². The number of pyridine rings is 1. The zero-order valence-electron chi connectivity index (χ0n) is 13.3. The molecule has 4 heterocycles. The molecule has 1 atom stereocenters. The van der Waals surface area contributed by atoms with Gasteiger partial charge in [0.05, 0.1) is 4.70 Å². The van der Waals surface area contributed by atoms with Crippen molar-refractivity contribution in [2.75, 3.05) is 18.8 Å². The van der Waals surface area contributed by atoms with E-state index in [0.29, 0.717) is 23.0 Å². The van der Waals surface area contributed by atoms with Crippen molar-refractivity contribution in [1.29, 1.82) is 0 Å². The molecule has 3 aromatic rings. The topological polar surface area (TPSA) is 89.9 Å². The summed E-state index contributed by atoms with van der Waals surface area (Å²) in [5.41, 5.74) is 7.92. The van der Waals surface area contributed by atoms with Crippen molar-refractivity contribution in [3.63, 3.8) is 0 Å². The molecule has 1 saturated heterocycles. The summed E-state index contributed by atoms with van der Waals surface area (Å²) in [6.07, 6.45) is 3.77. The molecule has 1 unspecified atom stereocenters. The van der Waals surface area contributed by atoms with Crippen LogP contribution in [-0.4, -0.2) is 43.6 Å². The number of carbonyl (C=O) groups excluding carboxylic acids is 1. The van der Waals surface area contributed by atoms with Gasteiger partial charge in [0.1, 0.15) is 5.69 Å². The molecule has 1 aliphatic rings. The number of aryl methyl sites for hydroxylation is 1. The predicted molar refractivity (Wildman–Crippen MR) is 92.9 cm³/mol. The van der Waals surface area contributed by atoms with E-state index in [1.54, 1.807) is 16.9 Å². The molecule has 2 N–H and O–H groups in total. The van der Waals surface area contributed by atoms with E-state index in [1.165, 1.54) is 11.3 Å². The number of thiazole rings is 1. The van der Waals surface area contributed by atoms with E-state index < -0.39 is 0 Å². The summed E-state index contributed by atoms with van der Waals surface area (Å²) in [6.45, 7) is 1.42. The minimum atomic E-state index is -0.0146. The number of rotatable bonds is 2. The Labute approximate surface area is 143 Å². The van der Waals surface area contributed by atoms with Crippen molar-refractivity contribution in [2.45, 2.75) is 18.8 Å². The molecule has 0 radical (unpaired) electrons. The molecule has 0 aliphatic carbocycles. The quantitative estimate of drug-likeness (QED) is 0.769. The summed E-state index contributed by atoms with van der Waals surface area (Å²) in [7, 11) is 1.81. The SMILES string of the molecule is Cn1ccc(C(=O)N2CCCC(c3ccc4sc(N)nc4n3)C2)n1. The van der Waals surface area contributed by atoms with Crippen molar-refractivity contribution in [1.82, 2.24) is 24.6 Å². The second-order valence-electron chi connectivity index (χ2n) is 6.07. The third kappa shape index (κ3) is 2.73. The van der Waals surface area contributed by atoms with Crippen molar-refractivity contribution < 1.29 is 4.79 Å². The Balaban J connectivity index is 1.56. The van der Waals surface area contributed by atoms with E-state index in [1.807, 2.05) is 24.1 Å². The van der Waals surface area contributed by atoms with Crippen molar-refractivity contribution in [3.05, 3.63) is 35.8 Å². The van der Waals surface area contributed by atoms with Crippen LogP contribution in [0.15, 0.2) is 24.4 Å². The Morgan fingerprint density at radius 1 is 1.33 bits per heavy atom. The number of hydrogen-bond acceptors (Lipinski definition) is 6. The Morgan fingerprint density at radius 2 is 2.21 bits per heavy atom. The van der Waals surface area contributed by atoms with Gasteiger partial charge in [0.25, 0.3) is 5.91 Å². The molecule has 7 nitrogen and oxygen atoms in total. The van der Waals surface area contributed by atoms with Gasteiger partial charge in [-0.3, -0.25) is 9.48 Å². The van der Waals surface area contributed by atoms with Gasteiger partial charge in [-0.25, -0.2) is 9.97 Å². The molecule has 24 heavy (non-hydrogen) atoms. The highest BCUT2D eigenvalue weighted by atomic mass is 32.1. The highest BCUT2D eigenvalue weighted by Crippen LogP contribution is 2.29. The number of aromatic nitrogens is 4. The van der Waals surface area contributed by atoms with Gasteiger partial charge in [-0.05, 0) is 31.0 Å². The standard InChI is InChI=1S/C16H18N6OS/c1-21-8-6-12(20-21)15(23)22-7-2-3-10(9-22)11-4-5-13-14(18-11)19-16(17)24-13/h4-6,8,10H,2-3,7,9H2,1H3,(H2,17,18,19). The van der Waals surface area contributed by atoms with Crippen LogP contribution in [-0.2, 0) is 7.05 Å². The second kappa shape index (κ2) is 5.86. The molecular formula is C16H18N6OS. The van der Waals surface area contributed by atoms with E-state index in [9.17, 15) is 4.79 Å². The molecule has 0 saturated carbocycles. The normalized spacial score (nSPS) is 18.2. The van der Waals surface area contributed by atoms with Gasteiger partial charge in [-0.2, -0.15) is 5.10 Å². The number of fused-ring (bicyclic) bond motifs is 1. The van der Waals surface area contributed by atoms with Crippen LogP contribution in [0.25, 0.3) is 10.3 Å². The third-order valence-corrected chi connectivity index (χ3v) is 5.19. The first-order valence-corrected chi connectivity index (χ1v) is 8.73. The lowest BCUT2D eigenvalue weighted by molar-refractivity contribution is 0.0699. The Kier molecular flexibility index (Phi) is 3.68. The van der Waals surface area contributed by atoms with Crippen LogP contribution in [0.1, 0.15) is 34.9 Å². The maximum Gasteiger partial charge on any atom is 0.274 e. The first kappa shape index (κ1) is 15.1. The molecule has 1 aliphatic heterocycles. The van der Waals surface area contributed by atoms with Crippen LogP contribution in [0.4, 0.5) is 5.13 Å². The Morgan fingerprint density at radius 3 is 3.00 bits per heavy atom. The average Bonchev–Trinajstić information content (AvgIpc) is 3.18. The number of likely N-dealkylation sites (tertiary alicyclic amines) is 1. The van der Waals surface area contributed by atoms with Crippen molar-refractivity contribution in [2.24, 2.45) is 7.05 Å². The maximum absolute atomic E-state index is 12.6. The van der Waals surface area contributed by atoms with E-state index in [2.05, 4.69) is 15.1 Å². The van der Waals surface area contributed by atoms with Crippen LogP contribution in [0, 0.1) is 0 Å². The smallest absolute Gasteiger partial charge is 0.274 e. The maximum atomic E-state index is 12.6. The number of hydrogen-bond donors (Lipinski definition) is 1. The summed E-state index contributed by atoms with van der Waals surface area (Å²) < 4.78 is 2.64. The minimum absolute atomic E-state index is 0.0146. The lowest BCUT2D eigenvalue weighted by Crippen LogP contribution is -2.39.